The van der Waals surface area contributed by atoms with Crippen LogP contribution in [0.4, 0.5) is 11.4 Å². The molecular weight excluding hydrogens is 531 g/mol. The Morgan fingerprint density at radius 1 is 1.03 bits per heavy atom. The number of nitrogens with one attached hydrogen (secondary N) is 2. The van der Waals surface area contributed by atoms with Crippen LogP contribution in [0.25, 0.3) is 0 Å². The van der Waals surface area contributed by atoms with Gasteiger partial charge >= 0.3 is 0 Å². The molecule has 2 aliphatic rings. The quantitative estimate of drug-likeness (QED) is 0.334. The van der Waals surface area contributed by atoms with Crippen molar-refractivity contribution in [3.63, 3.8) is 0 Å². The molecule has 1 aliphatic heterocycles. The SMILES string of the molecule is O=S(=O)(Nc1cccc(Cl)c1Cl)c1ccc2c(c1)[C@@H]1C=CC[C@@H]1[C@@H](c1ccc(Br)cc1)N2. The lowest BCUT2D eigenvalue weighted by Crippen LogP contribution is -2.29. The number of allylic oxidation sites excluding steroid dienone is 2. The van der Waals surface area contributed by atoms with E-state index in [1.165, 1.54) is 5.56 Å². The summed E-state index contributed by atoms with van der Waals surface area (Å²) in [5, 5.41) is 4.11. The van der Waals surface area contributed by atoms with Crippen LogP contribution in [0, 0.1) is 5.92 Å². The zero-order chi connectivity index (χ0) is 22.5. The molecule has 0 radical (unpaired) electrons. The average molecular weight is 550 g/mol. The molecule has 0 aromatic heterocycles. The third kappa shape index (κ3) is 3.94. The van der Waals surface area contributed by atoms with Gasteiger partial charge in [-0.1, -0.05) is 69.5 Å². The van der Waals surface area contributed by atoms with Crippen LogP contribution in [0.5, 0.6) is 0 Å². The Kier molecular flexibility index (Phi) is 5.74. The fraction of sp³-hybridized carbons (Fsp3) is 0.167. The Morgan fingerprint density at radius 3 is 2.59 bits per heavy atom. The average Bonchev–Trinajstić information content (AvgIpc) is 3.27. The highest BCUT2D eigenvalue weighted by molar-refractivity contribution is 9.10. The fourth-order valence-electron chi connectivity index (χ4n) is 4.53. The molecule has 3 atom stereocenters. The fourth-order valence-corrected chi connectivity index (χ4v) is 6.30. The molecule has 1 aliphatic carbocycles. The third-order valence-corrected chi connectivity index (χ3v) is 8.78. The normalized spacial score (nSPS) is 21.5. The Labute approximate surface area is 205 Å². The summed E-state index contributed by atoms with van der Waals surface area (Å²) < 4.78 is 29.8. The van der Waals surface area contributed by atoms with Crippen molar-refractivity contribution >= 4 is 60.5 Å². The Hall–Kier alpha value is -1.99. The predicted octanol–water partition coefficient (Wildman–Crippen LogP) is 7.38. The third-order valence-electron chi connectivity index (χ3n) is 6.07. The van der Waals surface area contributed by atoms with E-state index >= 15 is 0 Å². The first-order valence-corrected chi connectivity index (χ1v) is 13.2. The summed E-state index contributed by atoms with van der Waals surface area (Å²) in [7, 11) is -3.84. The van der Waals surface area contributed by atoms with Crippen LogP contribution in [0.1, 0.15) is 29.5 Å². The van der Waals surface area contributed by atoms with Crippen LogP contribution >= 0.6 is 39.1 Å². The number of benzene rings is 3. The number of hydrogen-bond acceptors (Lipinski definition) is 3. The molecular formula is C24H19BrCl2N2O2S. The van der Waals surface area contributed by atoms with Gasteiger partial charge in [-0.2, -0.15) is 0 Å². The van der Waals surface area contributed by atoms with Crippen LogP contribution in [-0.2, 0) is 10.0 Å². The van der Waals surface area contributed by atoms with Crippen LogP contribution in [-0.4, -0.2) is 8.42 Å². The number of rotatable bonds is 4. The molecule has 1 heterocycles. The molecule has 3 aromatic carbocycles. The Morgan fingerprint density at radius 2 is 1.81 bits per heavy atom. The first-order chi connectivity index (χ1) is 15.3. The second kappa shape index (κ2) is 8.41. The summed E-state index contributed by atoms with van der Waals surface area (Å²) >= 11 is 15.7. The molecule has 2 N–H and O–H groups in total. The zero-order valence-electron chi connectivity index (χ0n) is 16.7. The smallest absolute Gasteiger partial charge is 0.261 e. The van der Waals surface area contributed by atoms with Gasteiger partial charge in [0.25, 0.3) is 10.0 Å². The molecule has 3 aromatic rings. The lowest BCUT2D eigenvalue weighted by Gasteiger charge is -2.37. The van der Waals surface area contributed by atoms with Crippen LogP contribution < -0.4 is 10.0 Å². The minimum atomic E-state index is -3.84. The lowest BCUT2D eigenvalue weighted by atomic mass is 9.77. The van der Waals surface area contributed by atoms with E-state index in [4.69, 9.17) is 23.2 Å². The van der Waals surface area contributed by atoms with Crippen LogP contribution in [0.2, 0.25) is 10.0 Å². The van der Waals surface area contributed by atoms with Crippen molar-refractivity contribution in [2.45, 2.75) is 23.3 Å². The van der Waals surface area contributed by atoms with Gasteiger partial charge in [-0.05, 0) is 65.9 Å². The first kappa shape index (κ1) is 21.8. The molecule has 4 nitrogen and oxygen atoms in total. The Balaban J connectivity index is 1.49. The van der Waals surface area contributed by atoms with E-state index in [0.717, 1.165) is 22.1 Å². The first-order valence-electron chi connectivity index (χ1n) is 10.1. The second-order valence-electron chi connectivity index (χ2n) is 7.98. The van der Waals surface area contributed by atoms with E-state index in [9.17, 15) is 8.42 Å². The largest absolute Gasteiger partial charge is 0.378 e. The monoisotopic (exact) mass is 548 g/mol. The van der Waals surface area contributed by atoms with Crippen molar-refractivity contribution in [1.82, 2.24) is 0 Å². The highest BCUT2D eigenvalue weighted by Gasteiger charge is 2.38. The summed E-state index contributed by atoms with van der Waals surface area (Å²) in [5.41, 5.74) is 3.40. The van der Waals surface area contributed by atoms with Crippen LogP contribution in [0.15, 0.2) is 82.2 Å². The van der Waals surface area contributed by atoms with Gasteiger partial charge in [-0.25, -0.2) is 8.42 Å². The van der Waals surface area contributed by atoms with Crippen molar-refractivity contribution < 1.29 is 8.42 Å². The molecule has 8 heteroatoms. The molecule has 0 bridgehead atoms. The van der Waals surface area contributed by atoms with Crippen molar-refractivity contribution in [2.24, 2.45) is 5.92 Å². The van der Waals surface area contributed by atoms with Crippen molar-refractivity contribution in [3.05, 3.63) is 98.5 Å². The van der Waals surface area contributed by atoms with E-state index in [2.05, 4.69) is 50.3 Å². The Bertz CT molecular complexity index is 1330. The zero-order valence-corrected chi connectivity index (χ0v) is 20.6. The van der Waals surface area contributed by atoms with Gasteiger partial charge in [-0.15, -0.1) is 0 Å². The van der Waals surface area contributed by atoms with Crippen molar-refractivity contribution in [2.75, 3.05) is 10.0 Å². The van der Waals surface area contributed by atoms with Gasteiger partial charge in [0, 0.05) is 16.1 Å². The highest BCUT2D eigenvalue weighted by Crippen LogP contribution is 2.50. The van der Waals surface area contributed by atoms with E-state index in [-0.39, 0.29) is 27.6 Å². The van der Waals surface area contributed by atoms with E-state index in [1.54, 1.807) is 30.3 Å². The molecule has 0 amide bonds. The summed E-state index contributed by atoms with van der Waals surface area (Å²) in [6.07, 6.45) is 5.31. The van der Waals surface area contributed by atoms with E-state index < -0.39 is 10.0 Å². The molecule has 0 saturated carbocycles. The maximum Gasteiger partial charge on any atom is 0.261 e. The summed E-state index contributed by atoms with van der Waals surface area (Å²) in [4.78, 5) is 0.190. The topological polar surface area (TPSA) is 58.2 Å². The number of hydrogen-bond donors (Lipinski definition) is 2. The van der Waals surface area contributed by atoms with Gasteiger partial charge in [0.1, 0.15) is 0 Å². The van der Waals surface area contributed by atoms with Crippen molar-refractivity contribution in [1.29, 1.82) is 0 Å². The molecule has 0 saturated heterocycles. The number of sulfonamides is 1. The van der Waals surface area contributed by atoms with E-state index in [0.29, 0.717) is 10.9 Å². The van der Waals surface area contributed by atoms with Gasteiger partial charge in [0.15, 0.2) is 0 Å². The maximum absolute atomic E-state index is 13.1. The summed E-state index contributed by atoms with van der Waals surface area (Å²) in [5.74, 6) is 0.460. The number of anilines is 2. The standard InChI is InChI=1S/C24H19BrCl2N2O2S/c25-15-9-7-14(8-10-15)24-18-4-1-3-17(18)19-13-16(11-12-21(19)28-24)32(30,31)29-22-6-2-5-20(26)23(22)27/h1-3,5-13,17-18,24,28-29H,4H2/t17-,18+,24-/m1/s1. The van der Waals surface area contributed by atoms with Gasteiger partial charge in [-0.3, -0.25) is 4.72 Å². The minimum absolute atomic E-state index is 0.143. The molecule has 0 spiro atoms. The maximum atomic E-state index is 13.1. The molecule has 5 rings (SSSR count). The molecule has 164 valence electrons. The predicted molar refractivity (Wildman–Crippen MR) is 134 cm³/mol. The van der Waals surface area contributed by atoms with Gasteiger partial charge < -0.3 is 5.32 Å². The van der Waals surface area contributed by atoms with E-state index in [1.807, 2.05) is 18.2 Å². The lowest BCUT2D eigenvalue weighted by molar-refractivity contribution is 0.425. The minimum Gasteiger partial charge on any atom is -0.378 e. The number of fused-ring (bicyclic) bond motifs is 3. The highest BCUT2D eigenvalue weighted by atomic mass is 79.9. The number of halogens is 3. The van der Waals surface area contributed by atoms with Gasteiger partial charge in [0.05, 0.1) is 26.7 Å². The summed E-state index contributed by atoms with van der Waals surface area (Å²) in [6, 6.07) is 18.6. The second-order valence-corrected chi connectivity index (χ2v) is 11.4. The molecule has 0 fully saturated rings. The van der Waals surface area contributed by atoms with Gasteiger partial charge in [0.2, 0.25) is 0 Å². The summed E-state index contributed by atoms with van der Waals surface area (Å²) in [6.45, 7) is 0. The molecule has 32 heavy (non-hydrogen) atoms. The van der Waals surface area contributed by atoms with Crippen molar-refractivity contribution in [3.8, 4) is 0 Å². The van der Waals surface area contributed by atoms with Crippen LogP contribution in [0.3, 0.4) is 0 Å². The molecule has 0 unspecified atom stereocenters.